The second kappa shape index (κ2) is 7.40. The van der Waals surface area contributed by atoms with Gasteiger partial charge in [0.05, 0.1) is 13.7 Å². The smallest absolute Gasteiger partial charge is 0.276 e. The van der Waals surface area contributed by atoms with Gasteiger partial charge in [-0.2, -0.15) is 0 Å². The van der Waals surface area contributed by atoms with Crippen LogP contribution in [0.25, 0.3) is 0 Å². The van der Waals surface area contributed by atoms with Gasteiger partial charge in [0.25, 0.3) is 5.91 Å². The van der Waals surface area contributed by atoms with Gasteiger partial charge in [0.15, 0.2) is 12.1 Å². The average Bonchev–Trinajstić information content (AvgIpc) is 3.42. The number of nitrogens with zero attached hydrogens (tertiary/aromatic N) is 2. The minimum atomic E-state index is -0.00766. The minimum absolute atomic E-state index is 0.00766. The summed E-state index contributed by atoms with van der Waals surface area (Å²) in [6.07, 6.45) is 5.61. The fourth-order valence-corrected chi connectivity index (χ4v) is 3.49. The van der Waals surface area contributed by atoms with Crippen LogP contribution >= 0.6 is 0 Å². The van der Waals surface area contributed by atoms with E-state index < -0.39 is 0 Å². The largest absolute Gasteiger partial charge is 0.497 e. The van der Waals surface area contributed by atoms with Crippen molar-refractivity contribution in [3.63, 3.8) is 0 Å². The summed E-state index contributed by atoms with van der Waals surface area (Å²) in [6, 6.07) is 7.60. The van der Waals surface area contributed by atoms with E-state index in [4.69, 9.17) is 13.9 Å². The molecule has 0 spiro atoms. The van der Waals surface area contributed by atoms with E-state index in [0.29, 0.717) is 30.7 Å². The van der Waals surface area contributed by atoms with Crippen LogP contribution in [0.5, 0.6) is 11.5 Å². The fourth-order valence-electron chi connectivity index (χ4n) is 3.49. The molecule has 6 heteroatoms. The lowest BCUT2D eigenvalue weighted by molar-refractivity contribution is 0.0626. The minimum Gasteiger partial charge on any atom is -0.497 e. The van der Waals surface area contributed by atoms with Crippen LogP contribution in [-0.4, -0.2) is 42.6 Å². The molecule has 1 aliphatic heterocycles. The zero-order chi connectivity index (χ0) is 17.9. The maximum atomic E-state index is 12.9. The normalized spacial score (nSPS) is 20.0. The van der Waals surface area contributed by atoms with Crippen molar-refractivity contribution in [2.24, 2.45) is 5.92 Å². The maximum Gasteiger partial charge on any atom is 0.276 e. The summed E-state index contributed by atoms with van der Waals surface area (Å²) >= 11 is 0. The Morgan fingerprint density at radius 1 is 1.31 bits per heavy atom. The Morgan fingerprint density at radius 3 is 2.96 bits per heavy atom. The van der Waals surface area contributed by atoms with Gasteiger partial charge in [-0.1, -0.05) is 6.07 Å². The number of rotatable bonds is 6. The van der Waals surface area contributed by atoms with E-state index in [1.165, 1.54) is 6.39 Å². The number of carbonyl (C=O) groups excluding carboxylic acids is 1. The van der Waals surface area contributed by atoms with E-state index in [1.807, 2.05) is 29.2 Å². The van der Waals surface area contributed by atoms with Gasteiger partial charge in [-0.15, -0.1) is 0 Å². The lowest BCUT2D eigenvalue weighted by Crippen LogP contribution is -2.42. The Labute approximate surface area is 153 Å². The average molecular weight is 356 g/mol. The molecule has 2 fully saturated rings. The molecule has 1 saturated heterocycles. The number of aromatic nitrogens is 1. The molecule has 138 valence electrons. The van der Waals surface area contributed by atoms with Crippen molar-refractivity contribution in [2.45, 2.75) is 31.6 Å². The molecule has 6 nitrogen and oxygen atoms in total. The number of hydrogen-bond donors (Lipinski definition) is 0. The van der Waals surface area contributed by atoms with Crippen LogP contribution in [0.1, 0.15) is 47.8 Å². The number of amides is 1. The van der Waals surface area contributed by atoms with Crippen LogP contribution in [0.3, 0.4) is 0 Å². The molecule has 0 radical (unpaired) electrons. The molecule has 0 bridgehead atoms. The summed E-state index contributed by atoms with van der Waals surface area (Å²) in [5.74, 6) is 3.03. The summed E-state index contributed by atoms with van der Waals surface area (Å²) in [6.45, 7) is 2.05. The number of methoxy groups -OCH3 is 1. The highest BCUT2D eigenvalue weighted by Crippen LogP contribution is 2.41. The molecule has 26 heavy (non-hydrogen) atoms. The molecule has 1 aliphatic carbocycles. The first kappa shape index (κ1) is 16.9. The van der Waals surface area contributed by atoms with Gasteiger partial charge < -0.3 is 18.8 Å². The molecule has 1 amide bonds. The highest BCUT2D eigenvalue weighted by Gasteiger charge is 2.35. The standard InChI is InChI=1S/C20H24N2O4/c1-24-16-5-2-6-17(10-16)25-12-14-4-3-9-22(11-14)20(23)18-19(15-7-8-15)26-13-21-18/h2,5-6,10,13-15H,3-4,7-9,11-12H2,1H3/t14-/m0/s1. The SMILES string of the molecule is COc1cccc(OC[C@H]2CCCN(C(=O)c3ncoc3C3CC3)C2)c1. The Balaban J connectivity index is 1.36. The summed E-state index contributed by atoms with van der Waals surface area (Å²) in [7, 11) is 1.64. The molecule has 0 N–H and O–H groups in total. The third-order valence-corrected chi connectivity index (χ3v) is 5.08. The third-order valence-electron chi connectivity index (χ3n) is 5.08. The van der Waals surface area contributed by atoms with Gasteiger partial charge in [-0.3, -0.25) is 4.79 Å². The topological polar surface area (TPSA) is 64.8 Å². The van der Waals surface area contributed by atoms with Gasteiger partial charge in [-0.05, 0) is 37.8 Å². The lowest BCUT2D eigenvalue weighted by atomic mass is 9.98. The first-order valence-electron chi connectivity index (χ1n) is 9.24. The first-order chi connectivity index (χ1) is 12.7. The molecule has 1 atom stereocenters. The molecule has 2 aromatic rings. The molecule has 0 unspecified atom stereocenters. The second-order valence-corrected chi connectivity index (χ2v) is 7.09. The third kappa shape index (κ3) is 3.69. The first-order valence-corrected chi connectivity index (χ1v) is 9.24. The van der Waals surface area contributed by atoms with Crippen molar-refractivity contribution in [1.82, 2.24) is 9.88 Å². The summed E-state index contributed by atoms with van der Waals surface area (Å²) in [4.78, 5) is 18.9. The fraction of sp³-hybridized carbons (Fsp3) is 0.500. The van der Waals surface area contributed by atoms with Crippen LogP contribution in [0.15, 0.2) is 35.1 Å². The maximum absolute atomic E-state index is 12.9. The predicted octanol–water partition coefficient (Wildman–Crippen LogP) is 3.49. The quantitative estimate of drug-likeness (QED) is 0.793. The molecular formula is C20H24N2O4. The number of hydrogen-bond acceptors (Lipinski definition) is 5. The lowest BCUT2D eigenvalue weighted by Gasteiger charge is -2.32. The number of piperidine rings is 1. The summed E-state index contributed by atoms with van der Waals surface area (Å²) < 4.78 is 16.6. The van der Waals surface area contributed by atoms with E-state index in [2.05, 4.69) is 4.98 Å². The Kier molecular flexibility index (Phi) is 4.82. The van der Waals surface area contributed by atoms with E-state index >= 15 is 0 Å². The summed E-state index contributed by atoms with van der Waals surface area (Å²) in [5.41, 5.74) is 0.502. The number of benzene rings is 1. The van der Waals surface area contributed by atoms with E-state index in [1.54, 1.807) is 7.11 Å². The van der Waals surface area contributed by atoms with Crippen molar-refractivity contribution in [1.29, 1.82) is 0 Å². The number of carbonyl (C=O) groups is 1. The zero-order valence-electron chi connectivity index (χ0n) is 15.0. The molecule has 1 saturated carbocycles. The molecular weight excluding hydrogens is 332 g/mol. The van der Waals surface area contributed by atoms with Gasteiger partial charge in [0, 0.05) is 31.0 Å². The highest BCUT2D eigenvalue weighted by molar-refractivity contribution is 5.93. The molecule has 2 heterocycles. The highest BCUT2D eigenvalue weighted by atomic mass is 16.5. The zero-order valence-corrected chi connectivity index (χ0v) is 15.0. The van der Waals surface area contributed by atoms with Crippen molar-refractivity contribution in [3.05, 3.63) is 42.1 Å². The van der Waals surface area contributed by atoms with Gasteiger partial charge in [-0.25, -0.2) is 4.98 Å². The Bertz CT molecular complexity index is 769. The molecule has 1 aromatic heterocycles. The van der Waals surface area contributed by atoms with Gasteiger partial charge >= 0.3 is 0 Å². The van der Waals surface area contributed by atoms with Gasteiger partial charge in [0.2, 0.25) is 0 Å². The number of oxazole rings is 1. The van der Waals surface area contributed by atoms with E-state index in [0.717, 1.165) is 49.5 Å². The van der Waals surface area contributed by atoms with Crippen LogP contribution < -0.4 is 9.47 Å². The van der Waals surface area contributed by atoms with E-state index in [-0.39, 0.29) is 5.91 Å². The van der Waals surface area contributed by atoms with Crippen LogP contribution in [0.4, 0.5) is 0 Å². The predicted molar refractivity (Wildman–Crippen MR) is 95.6 cm³/mol. The van der Waals surface area contributed by atoms with Crippen molar-refractivity contribution in [2.75, 3.05) is 26.8 Å². The Hall–Kier alpha value is -2.50. The molecule has 2 aliphatic rings. The van der Waals surface area contributed by atoms with Crippen LogP contribution in [0.2, 0.25) is 0 Å². The van der Waals surface area contributed by atoms with Crippen molar-refractivity contribution >= 4 is 5.91 Å². The van der Waals surface area contributed by atoms with Crippen LogP contribution in [0, 0.1) is 5.92 Å². The molecule has 4 rings (SSSR count). The number of likely N-dealkylation sites (tertiary alicyclic amines) is 1. The van der Waals surface area contributed by atoms with E-state index in [9.17, 15) is 4.79 Å². The van der Waals surface area contributed by atoms with Gasteiger partial charge in [0.1, 0.15) is 17.3 Å². The van der Waals surface area contributed by atoms with Crippen molar-refractivity contribution in [3.8, 4) is 11.5 Å². The summed E-state index contributed by atoms with van der Waals surface area (Å²) in [5, 5.41) is 0. The van der Waals surface area contributed by atoms with Crippen LogP contribution in [-0.2, 0) is 0 Å². The second-order valence-electron chi connectivity index (χ2n) is 7.09. The Morgan fingerprint density at radius 2 is 2.15 bits per heavy atom. The molecule has 1 aromatic carbocycles. The number of ether oxygens (including phenoxy) is 2. The van der Waals surface area contributed by atoms with Crippen molar-refractivity contribution < 1.29 is 18.7 Å². The monoisotopic (exact) mass is 356 g/mol.